The molecule has 3 rings (SSSR count). The van der Waals surface area contributed by atoms with Gasteiger partial charge in [0.1, 0.15) is 11.6 Å². The van der Waals surface area contributed by atoms with Crippen molar-refractivity contribution in [3.05, 3.63) is 59.1 Å². The van der Waals surface area contributed by atoms with E-state index in [2.05, 4.69) is 15.2 Å². The number of nitrogens with zero attached hydrogens (tertiary/aromatic N) is 2. The van der Waals surface area contributed by atoms with Crippen molar-refractivity contribution in [2.24, 2.45) is 10.7 Å². The Hall–Kier alpha value is -2.56. The summed E-state index contributed by atoms with van der Waals surface area (Å²) in [7, 11) is 0. The van der Waals surface area contributed by atoms with Gasteiger partial charge in [-0.05, 0) is 17.5 Å². The Kier molecular flexibility index (Phi) is 3.25. The monoisotopic (exact) mass is 268 g/mol. The molecule has 0 fully saturated rings. The fourth-order valence-electron chi connectivity index (χ4n) is 2.35. The molecule has 1 heterocycles. The Morgan fingerprint density at radius 1 is 1.30 bits per heavy atom. The van der Waals surface area contributed by atoms with Crippen LogP contribution in [-0.4, -0.2) is 21.1 Å². The SMILES string of the molecule is NC(=NCc1ccccc1)C1=C(O)CCc2cn[nH]c21. The van der Waals surface area contributed by atoms with Crippen LogP contribution in [0.2, 0.25) is 0 Å². The molecule has 1 aromatic carbocycles. The number of hydrogen-bond acceptors (Lipinski definition) is 3. The van der Waals surface area contributed by atoms with Gasteiger partial charge in [0.25, 0.3) is 0 Å². The minimum absolute atomic E-state index is 0.274. The highest BCUT2D eigenvalue weighted by atomic mass is 16.3. The van der Waals surface area contributed by atoms with Crippen LogP contribution >= 0.6 is 0 Å². The van der Waals surface area contributed by atoms with E-state index in [4.69, 9.17) is 5.73 Å². The summed E-state index contributed by atoms with van der Waals surface area (Å²) in [4.78, 5) is 4.38. The van der Waals surface area contributed by atoms with Crippen LogP contribution in [0.15, 0.2) is 47.3 Å². The molecule has 20 heavy (non-hydrogen) atoms. The van der Waals surface area contributed by atoms with E-state index >= 15 is 0 Å². The van der Waals surface area contributed by atoms with Crippen molar-refractivity contribution in [1.82, 2.24) is 10.2 Å². The number of aryl methyl sites for hydroxylation is 1. The number of aliphatic hydroxyl groups excluding tert-OH is 1. The van der Waals surface area contributed by atoms with Gasteiger partial charge in [-0.2, -0.15) is 5.10 Å². The standard InChI is InChI=1S/C15H16N4O/c16-15(17-8-10-4-2-1-3-5-10)13-12(20)7-6-11-9-18-19-14(11)13/h1-5,9,20H,6-8H2,(H2,16,17)(H,18,19). The van der Waals surface area contributed by atoms with Crippen molar-refractivity contribution in [3.8, 4) is 0 Å². The Bertz CT molecular complexity index is 670. The van der Waals surface area contributed by atoms with Crippen molar-refractivity contribution < 1.29 is 5.11 Å². The number of aliphatic hydroxyl groups is 1. The van der Waals surface area contributed by atoms with E-state index in [0.29, 0.717) is 24.4 Å². The molecule has 0 unspecified atom stereocenters. The van der Waals surface area contributed by atoms with Crippen molar-refractivity contribution in [2.75, 3.05) is 0 Å². The van der Waals surface area contributed by atoms with Gasteiger partial charge in [-0.15, -0.1) is 0 Å². The van der Waals surface area contributed by atoms with Gasteiger partial charge in [-0.25, -0.2) is 0 Å². The molecular weight excluding hydrogens is 252 g/mol. The summed E-state index contributed by atoms with van der Waals surface area (Å²) < 4.78 is 0. The highest BCUT2D eigenvalue weighted by Gasteiger charge is 2.23. The van der Waals surface area contributed by atoms with Crippen LogP contribution in [0.3, 0.4) is 0 Å². The second-order valence-electron chi connectivity index (χ2n) is 4.78. The lowest BCUT2D eigenvalue weighted by Gasteiger charge is -2.15. The number of aliphatic imine (C=N–C) groups is 1. The first kappa shape index (κ1) is 12.5. The largest absolute Gasteiger partial charge is 0.511 e. The van der Waals surface area contributed by atoms with E-state index in [0.717, 1.165) is 23.2 Å². The summed E-state index contributed by atoms with van der Waals surface area (Å²) >= 11 is 0. The first-order valence-electron chi connectivity index (χ1n) is 6.54. The van der Waals surface area contributed by atoms with Crippen molar-refractivity contribution in [3.63, 3.8) is 0 Å². The summed E-state index contributed by atoms with van der Waals surface area (Å²) in [6.07, 6.45) is 3.11. The van der Waals surface area contributed by atoms with E-state index < -0.39 is 0 Å². The molecule has 0 saturated carbocycles. The lowest BCUT2D eigenvalue weighted by molar-refractivity contribution is 0.389. The Morgan fingerprint density at radius 3 is 2.90 bits per heavy atom. The minimum atomic E-state index is 0.274. The summed E-state index contributed by atoms with van der Waals surface area (Å²) in [5.41, 5.74) is 9.55. The third-order valence-corrected chi connectivity index (χ3v) is 3.42. The summed E-state index contributed by atoms with van der Waals surface area (Å²) in [5, 5.41) is 17.0. The maximum absolute atomic E-state index is 10.1. The van der Waals surface area contributed by atoms with Crippen LogP contribution in [0, 0.1) is 0 Å². The summed E-state index contributed by atoms with van der Waals surface area (Å²) in [6.45, 7) is 0.493. The Morgan fingerprint density at radius 2 is 2.10 bits per heavy atom. The summed E-state index contributed by atoms with van der Waals surface area (Å²) in [5.74, 6) is 0.618. The van der Waals surface area contributed by atoms with E-state index in [-0.39, 0.29) is 5.76 Å². The topological polar surface area (TPSA) is 87.3 Å². The van der Waals surface area contributed by atoms with Crippen molar-refractivity contribution >= 4 is 11.4 Å². The second-order valence-corrected chi connectivity index (χ2v) is 4.78. The molecule has 0 aliphatic heterocycles. The maximum atomic E-state index is 10.1. The second kappa shape index (κ2) is 5.21. The fraction of sp³-hybridized carbons (Fsp3) is 0.200. The van der Waals surface area contributed by atoms with Crippen LogP contribution in [0.1, 0.15) is 23.2 Å². The lowest BCUT2D eigenvalue weighted by atomic mass is 9.95. The van der Waals surface area contributed by atoms with Crippen LogP contribution in [0.25, 0.3) is 5.57 Å². The first-order valence-corrected chi connectivity index (χ1v) is 6.54. The van der Waals surface area contributed by atoms with Gasteiger partial charge in [0.05, 0.1) is 24.0 Å². The number of benzene rings is 1. The van der Waals surface area contributed by atoms with Gasteiger partial charge in [-0.3, -0.25) is 10.1 Å². The van der Waals surface area contributed by atoms with E-state index in [1.54, 1.807) is 6.20 Å². The zero-order valence-corrected chi connectivity index (χ0v) is 11.0. The molecule has 4 N–H and O–H groups in total. The van der Waals surface area contributed by atoms with Crippen molar-refractivity contribution in [1.29, 1.82) is 0 Å². The summed E-state index contributed by atoms with van der Waals surface area (Å²) in [6, 6.07) is 9.88. The average Bonchev–Trinajstić information content (AvgIpc) is 2.94. The molecule has 2 aromatic rings. The van der Waals surface area contributed by atoms with E-state index in [9.17, 15) is 5.11 Å². The number of amidine groups is 1. The van der Waals surface area contributed by atoms with Gasteiger partial charge in [0.2, 0.25) is 0 Å². The number of fused-ring (bicyclic) bond motifs is 1. The van der Waals surface area contributed by atoms with Gasteiger partial charge < -0.3 is 10.8 Å². The number of aromatic nitrogens is 2. The molecule has 0 atom stereocenters. The predicted octanol–water partition coefficient (Wildman–Crippen LogP) is 2.18. The van der Waals surface area contributed by atoms with Gasteiger partial charge in [-0.1, -0.05) is 30.3 Å². The molecule has 0 saturated heterocycles. The van der Waals surface area contributed by atoms with E-state index in [1.165, 1.54) is 0 Å². The molecule has 5 nitrogen and oxygen atoms in total. The van der Waals surface area contributed by atoms with Crippen LogP contribution in [0.4, 0.5) is 0 Å². The zero-order valence-electron chi connectivity index (χ0n) is 11.0. The van der Waals surface area contributed by atoms with E-state index in [1.807, 2.05) is 30.3 Å². The number of nitrogens with one attached hydrogen (secondary N) is 1. The highest BCUT2D eigenvalue weighted by molar-refractivity contribution is 6.22. The van der Waals surface area contributed by atoms with Crippen LogP contribution in [0.5, 0.6) is 0 Å². The molecule has 5 heteroatoms. The fourth-order valence-corrected chi connectivity index (χ4v) is 2.35. The highest BCUT2D eigenvalue weighted by Crippen LogP contribution is 2.28. The average molecular weight is 268 g/mol. The number of allylic oxidation sites excluding steroid dienone is 1. The maximum Gasteiger partial charge on any atom is 0.131 e. The normalized spacial score (nSPS) is 15.3. The molecule has 0 amide bonds. The van der Waals surface area contributed by atoms with Gasteiger partial charge >= 0.3 is 0 Å². The number of rotatable bonds is 3. The molecule has 1 aromatic heterocycles. The molecule has 0 bridgehead atoms. The third-order valence-electron chi connectivity index (χ3n) is 3.42. The van der Waals surface area contributed by atoms with Gasteiger partial charge in [0.15, 0.2) is 0 Å². The molecule has 0 radical (unpaired) electrons. The first-order chi connectivity index (χ1) is 9.75. The van der Waals surface area contributed by atoms with Crippen molar-refractivity contribution in [2.45, 2.75) is 19.4 Å². The quantitative estimate of drug-likeness (QED) is 0.589. The van der Waals surface area contributed by atoms with Gasteiger partial charge in [0, 0.05) is 6.42 Å². The molecule has 0 spiro atoms. The molecule has 1 aliphatic carbocycles. The number of nitrogens with two attached hydrogens (primary N) is 1. The third kappa shape index (κ3) is 2.30. The number of H-pyrrole nitrogens is 1. The smallest absolute Gasteiger partial charge is 0.131 e. The molecular formula is C15H16N4O. The Balaban J connectivity index is 1.88. The molecule has 1 aliphatic rings. The minimum Gasteiger partial charge on any atom is -0.511 e. The van der Waals surface area contributed by atoms with Crippen LogP contribution < -0.4 is 5.73 Å². The molecule has 102 valence electrons. The number of aromatic amines is 1. The lowest BCUT2D eigenvalue weighted by Crippen LogP contribution is -2.20. The number of hydrogen-bond donors (Lipinski definition) is 3. The van der Waals surface area contributed by atoms with Crippen LogP contribution in [-0.2, 0) is 13.0 Å². The zero-order chi connectivity index (χ0) is 13.9. The Labute approximate surface area is 116 Å². The predicted molar refractivity (Wildman–Crippen MR) is 78.2 cm³/mol.